The van der Waals surface area contributed by atoms with Gasteiger partial charge in [-0.15, -0.1) is 0 Å². The maximum Gasteiger partial charge on any atom is 0.240 e. The molecule has 5 nitrogen and oxygen atoms in total. The summed E-state index contributed by atoms with van der Waals surface area (Å²) >= 11 is 6.07. The van der Waals surface area contributed by atoms with E-state index in [1.54, 1.807) is 7.11 Å². The summed E-state index contributed by atoms with van der Waals surface area (Å²) in [5.41, 5.74) is 1.20. The molecule has 1 atom stereocenters. The lowest BCUT2D eigenvalue weighted by Gasteiger charge is -2.16. The highest BCUT2D eigenvalue weighted by Crippen LogP contribution is 2.46. The maximum atomic E-state index is 6.07. The summed E-state index contributed by atoms with van der Waals surface area (Å²) in [4.78, 5) is 4.33. The zero-order valence-electron chi connectivity index (χ0n) is 12.1. The maximum absolute atomic E-state index is 6.07. The Hall–Kier alpha value is -1.43. The van der Waals surface area contributed by atoms with Crippen LogP contribution in [0.4, 0.5) is 0 Å². The second kappa shape index (κ2) is 5.75. The molecule has 1 N–H and O–H groups in total. The largest absolute Gasteiger partial charge is 0.374 e. The molecular formula is C15H18ClN3O2. The zero-order valence-corrected chi connectivity index (χ0v) is 12.9. The van der Waals surface area contributed by atoms with Crippen molar-refractivity contribution in [1.82, 2.24) is 15.5 Å². The highest BCUT2D eigenvalue weighted by Gasteiger charge is 2.44. The molecule has 0 spiro atoms. The van der Waals surface area contributed by atoms with E-state index in [4.69, 9.17) is 20.9 Å². The van der Waals surface area contributed by atoms with Crippen molar-refractivity contribution in [2.75, 3.05) is 7.11 Å². The molecule has 3 rings (SSSR count). The fraction of sp³-hybridized carbons (Fsp3) is 0.467. The van der Waals surface area contributed by atoms with Crippen molar-refractivity contribution in [2.45, 2.75) is 38.0 Å². The molecule has 0 unspecified atom stereocenters. The summed E-state index contributed by atoms with van der Waals surface area (Å²) in [5.74, 6) is 1.14. The van der Waals surface area contributed by atoms with Gasteiger partial charge in [-0.25, -0.2) is 0 Å². The summed E-state index contributed by atoms with van der Waals surface area (Å²) in [7, 11) is 1.62. The number of hydrogen-bond donors (Lipinski definition) is 1. The number of ether oxygens (including phenoxy) is 1. The average Bonchev–Trinajstić information content (AvgIpc) is 3.15. The van der Waals surface area contributed by atoms with Gasteiger partial charge >= 0.3 is 0 Å². The average molecular weight is 308 g/mol. The first-order chi connectivity index (χ1) is 10.1. The Morgan fingerprint density at radius 3 is 2.95 bits per heavy atom. The van der Waals surface area contributed by atoms with Gasteiger partial charge in [0.25, 0.3) is 0 Å². The number of nitrogens with zero attached hydrogens (tertiary/aromatic N) is 2. The van der Waals surface area contributed by atoms with Crippen molar-refractivity contribution in [2.24, 2.45) is 0 Å². The molecule has 1 fully saturated rings. The number of halogens is 1. The van der Waals surface area contributed by atoms with Gasteiger partial charge in [0.15, 0.2) is 5.82 Å². The minimum absolute atomic E-state index is 0.00753. The van der Waals surface area contributed by atoms with Crippen LogP contribution in [0.2, 0.25) is 5.02 Å². The Bertz CT molecular complexity index is 625. The van der Waals surface area contributed by atoms with Crippen molar-refractivity contribution in [1.29, 1.82) is 0 Å². The quantitative estimate of drug-likeness (QED) is 0.888. The molecule has 1 aromatic carbocycles. The number of nitrogens with one attached hydrogen (secondary N) is 1. The molecule has 0 amide bonds. The van der Waals surface area contributed by atoms with Crippen molar-refractivity contribution in [3.63, 3.8) is 0 Å². The molecule has 2 aromatic rings. The van der Waals surface area contributed by atoms with Crippen LogP contribution in [0.25, 0.3) is 0 Å². The molecule has 0 bridgehead atoms. The Morgan fingerprint density at radius 1 is 1.48 bits per heavy atom. The lowest BCUT2D eigenvalue weighted by atomic mass is 10.1. The van der Waals surface area contributed by atoms with Crippen molar-refractivity contribution >= 4 is 11.6 Å². The van der Waals surface area contributed by atoms with E-state index >= 15 is 0 Å². The zero-order chi connectivity index (χ0) is 14.9. The van der Waals surface area contributed by atoms with Crippen LogP contribution < -0.4 is 5.32 Å². The molecule has 0 aliphatic heterocycles. The Labute approximate surface area is 128 Å². The Morgan fingerprint density at radius 2 is 2.29 bits per heavy atom. The standard InChI is InChI=1S/C15H18ClN3O2/c1-10(20-2)14-18-13(21-19-14)9-17-15(6-7-15)11-4-3-5-12(16)8-11/h3-5,8,10,17H,6-7,9H2,1-2H3/t10-/m1/s1. The van der Waals surface area contributed by atoms with E-state index < -0.39 is 0 Å². The van der Waals surface area contributed by atoms with E-state index in [9.17, 15) is 0 Å². The summed E-state index contributed by atoms with van der Waals surface area (Å²) in [6, 6.07) is 7.97. The third-order valence-corrected chi connectivity index (χ3v) is 4.14. The van der Waals surface area contributed by atoms with Gasteiger partial charge in [0.2, 0.25) is 5.89 Å². The fourth-order valence-corrected chi connectivity index (χ4v) is 2.52. The number of benzene rings is 1. The Balaban J connectivity index is 1.66. The number of methoxy groups -OCH3 is 1. The van der Waals surface area contributed by atoms with E-state index in [0.717, 1.165) is 17.9 Å². The van der Waals surface area contributed by atoms with Gasteiger partial charge < -0.3 is 9.26 Å². The van der Waals surface area contributed by atoms with Crippen LogP contribution >= 0.6 is 11.6 Å². The molecule has 1 aromatic heterocycles. The molecule has 1 aliphatic rings. The summed E-state index contributed by atoms with van der Waals surface area (Å²) in [5, 5.41) is 8.19. The van der Waals surface area contributed by atoms with Crippen LogP contribution in [0.5, 0.6) is 0 Å². The molecule has 6 heteroatoms. The second-order valence-electron chi connectivity index (χ2n) is 5.37. The van der Waals surface area contributed by atoms with Crippen LogP contribution in [-0.4, -0.2) is 17.3 Å². The smallest absolute Gasteiger partial charge is 0.240 e. The van der Waals surface area contributed by atoms with Crippen LogP contribution in [0, 0.1) is 0 Å². The first kappa shape index (κ1) is 14.5. The second-order valence-corrected chi connectivity index (χ2v) is 5.81. The van der Waals surface area contributed by atoms with Gasteiger partial charge in [-0.1, -0.05) is 28.9 Å². The lowest BCUT2D eigenvalue weighted by molar-refractivity contribution is 0.109. The van der Waals surface area contributed by atoms with Crippen LogP contribution in [0.3, 0.4) is 0 Å². The first-order valence-corrected chi connectivity index (χ1v) is 7.37. The van der Waals surface area contributed by atoms with E-state index in [1.807, 2.05) is 25.1 Å². The van der Waals surface area contributed by atoms with E-state index in [-0.39, 0.29) is 11.6 Å². The highest BCUT2D eigenvalue weighted by atomic mass is 35.5. The normalized spacial score (nSPS) is 17.7. The molecule has 0 saturated heterocycles. The highest BCUT2D eigenvalue weighted by molar-refractivity contribution is 6.30. The topological polar surface area (TPSA) is 60.2 Å². The van der Waals surface area contributed by atoms with Gasteiger partial charge in [0, 0.05) is 17.7 Å². The van der Waals surface area contributed by atoms with Crippen LogP contribution in [0.1, 0.15) is 43.1 Å². The SMILES string of the molecule is CO[C@H](C)c1noc(CNC2(c3cccc(Cl)c3)CC2)n1. The molecule has 21 heavy (non-hydrogen) atoms. The van der Waals surface area contributed by atoms with Crippen LogP contribution in [0.15, 0.2) is 28.8 Å². The van der Waals surface area contributed by atoms with Crippen LogP contribution in [-0.2, 0) is 16.8 Å². The molecule has 1 saturated carbocycles. The van der Waals surface area contributed by atoms with Crippen molar-refractivity contribution < 1.29 is 9.26 Å². The van der Waals surface area contributed by atoms with Gasteiger partial charge in [-0.3, -0.25) is 5.32 Å². The summed E-state index contributed by atoms with van der Waals surface area (Å²) < 4.78 is 10.4. The van der Waals surface area contributed by atoms with Gasteiger partial charge in [0.1, 0.15) is 6.10 Å². The Kier molecular flexibility index (Phi) is 3.97. The molecule has 1 heterocycles. The van der Waals surface area contributed by atoms with Gasteiger partial charge in [-0.2, -0.15) is 4.98 Å². The molecule has 1 aliphatic carbocycles. The first-order valence-electron chi connectivity index (χ1n) is 6.99. The van der Waals surface area contributed by atoms with E-state index in [2.05, 4.69) is 21.5 Å². The van der Waals surface area contributed by atoms with E-state index in [0.29, 0.717) is 18.3 Å². The predicted molar refractivity (Wildman–Crippen MR) is 78.9 cm³/mol. The summed E-state index contributed by atoms with van der Waals surface area (Å²) in [6.07, 6.45) is 2.01. The third-order valence-electron chi connectivity index (χ3n) is 3.91. The fourth-order valence-electron chi connectivity index (χ4n) is 2.33. The summed E-state index contributed by atoms with van der Waals surface area (Å²) in [6.45, 7) is 2.42. The number of aromatic nitrogens is 2. The minimum atomic E-state index is -0.162. The predicted octanol–water partition coefficient (Wildman–Crippen LogP) is 3.21. The minimum Gasteiger partial charge on any atom is -0.374 e. The molecular weight excluding hydrogens is 290 g/mol. The number of hydrogen-bond acceptors (Lipinski definition) is 5. The monoisotopic (exact) mass is 307 g/mol. The molecule has 112 valence electrons. The van der Waals surface area contributed by atoms with E-state index in [1.165, 1.54) is 5.56 Å². The van der Waals surface area contributed by atoms with Crippen molar-refractivity contribution in [3.05, 3.63) is 46.6 Å². The van der Waals surface area contributed by atoms with Gasteiger partial charge in [0.05, 0.1) is 6.54 Å². The molecule has 0 radical (unpaired) electrons. The van der Waals surface area contributed by atoms with Crippen molar-refractivity contribution in [3.8, 4) is 0 Å². The third kappa shape index (κ3) is 3.10. The van der Waals surface area contributed by atoms with Gasteiger partial charge in [-0.05, 0) is 37.5 Å². The lowest BCUT2D eigenvalue weighted by Crippen LogP contribution is -2.28. The number of rotatable bonds is 6.